The lowest BCUT2D eigenvalue weighted by molar-refractivity contribution is 0.0904. The van der Waals surface area contributed by atoms with Gasteiger partial charge in [-0.05, 0) is 45.9 Å². The third kappa shape index (κ3) is 3.41. The summed E-state index contributed by atoms with van der Waals surface area (Å²) in [6.07, 6.45) is 1.10. The molecule has 0 aliphatic carbocycles. The molecule has 25 heavy (non-hydrogen) atoms. The Morgan fingerprint density at radius 1 is 1.40 bits per heavy atom. The van der Waals surface area contributed by atoms with Crippen LogP contribution in [0, 0.1) is 20.8 Å². The zero-order valence-electron chi connectivity index (χ0n) is 14.8. The average Bonchev–Trinajstić information content (AvgIpc) is 3.14. The Labute approximate surface area is 145 Å². The van der Waals surface area contributed by atoms with Gasteiger partial charge in [-0.1, -0.05) is 0 Å². The molecule has 3 aromatic heterocycles. The summed E-state index contributed by atoms with van der Waals surface area (Å²) >= 11 is 0. The highest BCUT2D eigenvalue weighted by Crippen LogP contribution is 2.20. The second kappa shape index (κ2) is 6.68. The van der Waals surface area contributed by atoms with Gasteiger partial charge in [0.15, 0.2) is 5.65 Å². The van der Waals surface area contributed by atoms with Gasteiger partial charge in [-0.3, -0.25) is 4.79 Å². The SMILES string of the molecule is Cc1cc(C)n2nc(C)c(C(=O)NC(C)CC(O)c3ccco3)c2n1. The molecular weight excluding hydrogens is 320 g/mol. The van der Waals surface area contributed by atoms with Gasteiger partial charge in [-0.2, -0.15) is 5.10 Å². The number of aromatic nitrogens is 3. The molecule has 1 amide bonds. The van der Waals surface area contributed by atoms with Crippen LogP contribution in [0.1, 0.15) is 52.6 Å². The highest BCUT2D eigenvalue weighted by Gasteiger charge is 2.22. The maximum atomic E-state index is 12.7. The van der Waals surface area contributed by atoms with Crippen LogP contribution in [-0.2, 0) is 0 Å². The molecule has 0 spiro atoms. The standard InChI is InChI=1S/C18H22N4O3/c1-10-8-12(3)22-17(19-10)16(13(4)21-22)18(24)20-11(2)9-14(23)15-6-5-7-25-15/h5-8,11,14,23H,9H2,1-4H3,(H,20,24). The molecule has 7 heteroatoms. The number of rotatable bonds is 5. The van der Waals surface area contributed by atoms with Crippen molar-refractivity contribution in [3.63, 3.8) is 0 Å². The molecule has 0 saturated carbocycles. The van der Waals surface area contributed by atoms with Gasteiger partial charge in [0.2, 0.25) is 0 Å². The van der Waals surface area contributed by atoms with Gasteiger partial charge in [-0.25, -0.2) is 9.50 Å². The number of aliphatic hydroxyl groups excluding tert-OH is 1. The largest absolute Gasteiger partial charge is 0.467 e. The lowest BCUT2D eigenvalue weighted by Gasteiger charge is -2.16. The molecule has 3 aromatic rings. The second-order valence-corrected chi connectivity index (χ2v) is 6.38. The number of furan rings is 1. The number of carbonyl (C=O) groups excluding carboxylic acids is 1. The number of aliphatic hydroxyl groups is 1. The van der Waals surface area contributed by atoms with E-state index in [0.29, 0.717) is 29.1 Å². The van der Waals surface area contributed by atoms with Crippen molar-refractivity contribution in [1.29, 1.82) is 0 Å². The highest BCUT2D eigenvalue weighted by molar-refractivity contribution is 6.01. The highest BCUT2D eigenvalue weighted by atomic mass is 16.4. The third-order valence-corrected chi connectivity index (χ3v) is 4.12. The van der Waals surface area contributed by atoms with Gasteiger partial charge in [0, 0.05) is 23.9 Å². The molecule has 0 aliphatic heterocycles. The van der Waals surface area contributed by atoms with Crippen LogP contribution in [0.4, 0.5) is 0 Å². The van der Waals surface area contributed by atoms with Crippen LogP contribution in [0.25, 0.3) is 5.65 Å². The quantitative estimate of drug-likeness (QED) is 0.743. The van der Waals surface area contributed by atoms with Crippen molar-refractivity contribution >= 4 is 11.6 Å². The van der Waals surface area contributed by atoms with Crippen LogP contribution in [0.15, 0.2) is 28.9 Å². The summed E-state index contributed by atoms with van der Waals surface area (Å²) in [6, 6.07) is 5.11. The molecule has 3 heterocycles. The molecule has 2 atom stereocenters. The molecule has 2 N–H and O–H groups in total. The van der Waals surface area contributed by atoms with E-state index in [2.05, 4.69) is 15.4 Å². The van der Waals surface area contributed by atoms with Crippen molar-refractivity contribution in [3.8, 4) is 0 Å². The average molecular weight is 342 g/mol. The smallest absolute Gasteiger partial charge is 0.257 e. The maximum absolute atomic E-state index is 12.7. The Bertz CT molecular complexity index is 899. The normalized spacial score (nSPS) is 13.8. The van der Waals surface area contributed by atoms with E-state index in [4.69, 9.17) is 4.42 Å². The zero-order chi connectivity index (χ0) is 18.1. The van der Waals surface area contributed by atoms with Gasteiger partial charge in [0.05, 0.1) is 12.0 Å². The monoisotopic (exact) mass is 342 g/mol. The summed E-state index contributed by atoms with van der Waals surface area (Å²) in [6.45, 7) is 7.45. The summed E-state index contributed by atoms with van der Waals surface area (Å²) in [7, 11) is 0. The van der Waals surface area contributed by atoms with Gasteiger partial charge >= 0.3 is 0 Å². The first-order valence-electron chi connectivity index (χ1n) is 8.22. The van der Waals surface area contributed by atoms with Crippen molar-refractivity contribution in [2.24, 2.45) is 0 Å². The van der Waals surface area contributed by atoms with E-state index in [-0.39, 0.29) is 11.9 Å². The fourth-order valence-electron chi connectivity index (χ4n) is 2.98. The molecule has 7 nitrogen and oxygen atoms in total. The molecule has 3 rings (SSSR count). The second-order valence-electron chi connectivity index (χ2n) is 6.38. The minimum absolute atomic E-state index is 0.243. The lowest BCUT2D eigenvalue weighted by atomic mass is 10.1. The molecule has 0 fully saturated rings. The summed E-state index contributed by atoms with van der Waals surface area (Å²) in [5, 5.41) is 17.5. The Kier molecular flexibility index (Phi) is 4.59. The summed E-state index contributed by atoms with van der Waals surface area (Å²) in [5.41, 5.74) is 3.39. The number of nitrogens with zero attached hydrogens (tertiary/aromatic N) is 3. The first-order chi connectivity index (χ1) is 11.9. The summed E-state index contributed by atoms with van der Waals surface area (Å²) in [5.74, 6) is 0.241. The van der Waals surface area contributed by atoms with E-state index < -0.39 is 6.10 Å². The maximum Gasteiger partial charge on any atom is 0.257 e. The van der Waals surface area contributed by atoms with E-state index in [9.17, 15) is 9.90 Å². The van der Waals surface area contributed by atoms with Crippen LogP contribution >= 0.6 is 0 Å². The number of carbonyl (C=O) groups is 1. The Morgan fingerprint density at radius 2 is 2.16 bits per heavy atom. The van der Waals surface area contributed by atoms with E-state index >= 15 is 0 Å². The van der Waals surface area contributed by atoms with Crippen LogP contribution in [0.3, 0.4) is 0 Å². The van der Waals surface area contributed by atoms with Gasteiger partial charge in [0.25, 0.3) is 5.91 Å². The lowest BCUT2D eigenvalue weighted by Crippen LogP contribution is -2.34. The van der Waals surface area contributed by atoms with Crippen molar-refractivity contribution in [3.05, 3.63) is 52.9 Å². The number of hydrogen-bond acceptors (Lipinski definition) is 5. The number of fused-ring (bicyclic) bond motifs is 1. The van der Waals surface area contributed by atoms with Crippen LogP contribution < -0.4 is 5.32 Å². The Morgan fingerprint density at radius 3 is 2.84 bits per heavy atom. The third-order valence-electron chi connectivity index (χ3n) is 4.12. The minimum Gasteiger partial charge on any atom is -0.467 e. The Hall–Kier alpha value is -2.67. The number of nitrogens with one attached hydrogen (secondary N) is 1. The van der Waals surface area contributed by atoms with Gasteiger partial charge in [0.1, 0.15) is 17.4 Å². The molecule has 0 radical (unpaired) electrons. The predicted molar refractivity (Wildman–Crippen MR) is 92.4 cm³/mol. The molecule has 2 unspecified atom stereocenters. The van der Waals surface area contributed by atoms with Crippen LogP contribution in [0.5, 0.6) is 0 Å². The van der Waals surface area contributed by atoms with Gasteiger partial charge < -0.3 is 14.8 Å². The molecule has 0 aliphatic rings. The topological polar surface area (TPSA) is 92.7 Å². The zero-order valence-corrected chi connectivity index (χ0v) is 14.8. The Balaban J connectivity index is 1.79. The van der Waals surface area contributed by atoms with Crippen LogP contribution in [-0.4, -0.2) is 31.7 Å². The predicted octanol–water partition coefficient (Wildman–Crippen LogP) is 2.49. The number of aryl methyl sites for hydroxylation is 3. The number of amides is 1. The molecule has 0 bridgehead atoms. The summed E-state index contributed by atoms with van der Waals surface area (Å²) < 4.78 is 6.87. The minimum atomic E-state index is -0.766. The first-order valence-corrected chi connectivity index (χ1v) is 8.22. The van der Waals surface area contributed by atoms with Crippen LogP contribution in [0.2, 0.25) is 0 Å². The van der Waals surface area contributed by atoms with Gasteiger partial charge in [-0.15, -0.1) is 0 Å². The van der Waals surface area contributed by atoms with Crippen molar-refractivity contribution in [2.45, 2.75) is 46.3 Å². The van der Waals surface area contributed by atoms with E-state index in [1.807, 2.05) is 26.8 Å². The molecule has 0 saturated heterocycles. The van der Waals surface area contributed by atoms with Crippen molar-refractivity contribution in [2.75, 3.05) is 0 Å². The fraction of sp³-hybridized carbons (Fsp3) is 0.389. The van der Waals surface area contributed by atoms with Crippen molar-refractivity contribution in [1.82, 2.24) is 19.9 Å². The molecule has 0 aromatic carbocycles. The first kappa shape index (κ1) is 17.2. The van der Waals surface area contributed by atoms with E-state index in [1.165, 1.54) is 6.26 Å². The van der Waals surface area contributed by atoms with E-state index in [1.54, 1.807) is 23.6 Å². The van der Waals surface area contributed by atoms with Crippen molar-refractivity contribution < 1.29 is 14.3 Å². The molecule has 132 valence electrons. The summed E-state index contributed by atoms with van der Waals surface area (Å²) in [4.78, 5) is 17.2. The fourth-order valence-corrected chi connectivity index (χ4v) is 2.98. The molecular formula is C18H22N4O3. The number of hydrogen-bond donors (Lipinski definition) is 2. The van der Waals surface area contributed by atoms with E-state index in [0.717, 1.165) is 11.4 Å².